The summed E-state index contributed by atoms with van der Waals surface area (Å²) in [6.45, 7) is 5.66. The first-order chi connectivity index (χ1) is 53.9. The van der Waals surface area contributed by atoms with Gasteiger partial charge in [-0.2, -0.15) is 14.2 Å². The number of nitrogens with one attached hydrogen (secondary N) is 3. The number of hydrogen-bond donors (Lipinski definition) is 13. The SMILES string of the molecule is C.C.C.C.C.CCOC(=O)C(CN)NS(=O)(=O)c1ccc(I)cc1.CCOC(=O)c1ccc(C#Cc2cccc(N)n2)cc1.CCOC(=O)c1ccc(CCc2cccc(N)n2)cc1.Cl.NC(=O)CC(N)C(=O)O.NC(=O)CC(NS(=O)(=O)c1ccc(I)cc1)C(=O)O.NCC(NS(=O)(=O)c1ccc(I)cc1)C(=O)O.O=S(=O)(Cl)c1ccc(I)cc1. The molecule has 8 aromatic rings. The number of nitrogens with zero attached hydrogens (tertiary/aromatic N) is 2. The highest BCUT2D eigenvalue weighted by Crippen LogP contribution is 2.19. The zero-order chi connectivity index (χ0) is 86.8. The van der Waals surface area contributed by atoms with Gasteiger partial charge in [-0.15, -0.1) is 12.4 Å². The molecule has 0 bridgehead atoms. The molecule has 2 aromatic heterocycles. The number of aliphatic carboxylic acids is 3. The van der Waals surface area contributed by atoms with Crippen LogP contribution >= 0.6 is 113 Å². The van der Waals surface area contributed by atoms with Crippen LogP contribution in [0.4, 0.5) is 11.6 Å². The lowest BCUT2D eigenvalue weighted by Crippen LogP contribution is -2.46. The average Bonchev–Trinajstić information content (AvgIpc) is 0.837. The third-order valence-electron chi connectivity index (χ3n) is 13.6. The summed E-state index contributed by atoms with van der Waals surface area (Å²) in [6, 6.07) is 44.6. The number of ether oxygens (including phenoxy) is 3. The predicted molar refractivity (Wildman–Crippen MR) is 502 cm³/mol. The van der Waals surface area contributed by atoms with E-state index in [4.69, 9.17) is 74.6 Å². The van der Waals surface area contributed by atoms with E-state index in [1.807, 2.05) is 78.9 Å². The van der Waals surface area contributed by atoms with Crippen LogP contribution in [0.5, 0.6) is 0 Å². The quantitative estimate of drug-likeness (QED) is 0.00713. The van der Waals surface area contributed by atoms with Crippen molar-refractivity contribution in [3.05, 3.63) is 230 Å². The van der Waals surface area contributed by atoms with E-state index in [1.165, 1.54) is 48.5 Å². The number of carbonyl (C=O) groups excluding carboxylic acids is 5. The summed E-state index contributed by atoms with van der Waals surface area (Å²) >= 11 is 8.20. The van der Waals surface area contributed by atoms with E-state index in [0.717, 1.165) is 43.9 Å². The molecule has 121 heavy (non-hydrogen) atoms. The van der Waals surface area contributed by atoms with Crippen molar-refractivity contribution in [3.63, 3.8) is 0 Å². The van der Waals surface area contributed by atoms with Crippen molar-refractivity contribution < 1.29 is 102 Å². The number of carboxylic acids is 3. The second kappa shape index (κ2) is 61.8. The molecule has 2 heterocycles. The number of sulfonamides is 3. The molecule has 0 saturated carbocycles. The van der Waals surface area contributed by atoms with Crippen LogP contribution in [0.2, 0.25) is 0 Å². The van der Waals surface area contributed by atoms with Crippen molar-refractivity contribution in [3.8, 4) is 11.8 Å². The number of carbonyl (C=O) groups is 8. The van der Waals surface area contributed by atoms with E-state index in [1.54, 1.807) is 130 Å². The number of amides is 2. The number of aryl methyl sites for hydroxylation is 2. The van der Waals surface area contributed by atoms with Crippen molar-refractivity contribution in [1.29, 1.82) is 0 Å². The lowest BCUT2D eigenvalue weighted by atomic mass is 10.1. The van der Waals surface area contributed by atoms with E-state index in [-0.39, 0.29) is 107 Å². The molecular weight excluding hydrogens is 2150 g/mol. The van der Waals surface area contributed by atoms with Gasteiger partial charge in [0.1, 0.15) is 41.5 Å². The number of hydrogen-bond acceptors (Lipinski definition) is 26. The Morgan fingerprint density at radius 1 is 0.446 bits per heavy atom. The number of pyridine rings is 2. The van der Waals surface area contributed by atoms with E-state index < -0.39 is 105 Å². The van der Waals surface area contributed by atoms with Gasteiger partial charge in [-0.1, -0.05) is 67.3 Å². The molecule has 0 radical (unpaired) electrons. The zero-order valence-corrected chi connectivity index (χ0v) is 74.9. The number of benzene rings is 6. The Labute approximate surface area is 772 Å². The van der Waals surface area contributed by atoms with Gasteiger partial charge in [-0.05, 0) is 293 Å². The second-order valence-corrected chi connectivity index (χ2v) is 35.1. The molecule has 0 saturated heterocycles. The number of halogens is 6. The third-order valence-corrected chi connectivity index (χ3v) is 22.3. The van der Waals surface area contributed by atoms with Gasteiger partial charge < -0.3 is 69.7 Å². The molecule has 4 unspecified atom stereocenters. The molecule has 0 aliphatic heterocycles. The summed E-state index contributed by atoms with van der Waals surface area (Å²) in [5.41, 5.74) is 40.8. The average molecular weight is 2250 g/mol. The van der Waals surface area contributed by atoms with Crippen LogP contribution in [-0.2, 0) is 94.9 Å². The molecular formula is C77H102Cl2I4N12O22S4. The van der Waals surface area contributed by atoms with Crippen LogP contribution < -0.4 is 54.3 Å². The van der Waals surface area contributed by atoms with E-state index >= 15 is 0 Å². The number of rotatable bonds is 28. The van der Waals surface area contributed by atoms with Crippen LogP contribution in [0.25, 0.3) is 0 Å². The fraction of sp³-hybridized carbons (Fsp3) is 0.273. The number of esters is 3. The van der Waals surface area contributed by atoms with Crippen LogP contribution in [0.1, 0.15) is 114 Å². The molecule has 668 valence electrons. The lowest BCUT2D eigenvalue weighted by molar-refractivity contribution is -0.145. The third kappa shape index (κ3) is 48.9. The van der Waals surface area contributed by atoms with Gasteiger partial charge in [0.25, 0.3) is 9.05 Å². The maximum absolute atomic E-state index is 12.0. The molecule has 2 amide bonds. The fourth-order valence-electron chi connectivity index (χ4n) is 8.02. The van der Waals surface area contributed by atoms with Gasteiger partial charge in [0, 0.05) is 49.3 Å². The maximum atomic E-state index is 12.0. The molecule has 20 N–H and O–H groups in total. The first kappa shape index (κ1) is 121. The molecule has 0 fully saturated rings. The summed E-state index contributed by atoms with van der Waals surface area (Å²) in [4.78, 5) is 95.2. The Morgan fingerprint density at radius 2 is 0.793 bits per heavy atom. The van der Waals surface area contributed by atoms with Gasteiger partial charge in [0.05, 0.1) is 63.4 Å². The first-order valence-corrected chi connectivity index (χ1v) is 44.1. The minimum Gasteiger partial charge on any atom is -0.480 e. The van der Waals surface area contributed by atoms with Gasteiger partial charge >= 0.3 is 35.8 Å². The standard InChI is InChI=1S/C16H18N2O2.C16H14N2O2.C11H15IN2O4S.C10H11IN2O5S.C9H11IN2O4S.C6H4ClIO2S.C4H8N2O3.5CH4.ClH/c2*1-2-20-16(19)13-9-6-12(7-10-13)8-11-14-4-3-5-15(17)18-14;1-2-18-11(15)10(7-13)14-19(16,17)9-5-3-8(12)4-6-9;11-6-1-3-7(4-2-6)19(17,18)13-8(10(15)16)5-9(12)14;10-6-1-3-7(4-2-6)17(15,16)12-8(5-11)9(13)14;7-11(9,10)6-3-1-5(8)2-4-6;5-2(4(8)9)1-3(6)7;;;;;;/h3-7,9-10H,2,8,11H2,1H3,(H2,17,18);3-7,9-10H,2H2,1H3,(H2,17,18);3-6,10,14H,2,7,13H2,1H3;1-4,8,13H,5H2,(H2,12,14)(H,15,16);1-4,8,12H,5,11H2,(H,13,14);1-4H;2H,1,5H2,(H2,6,7)(H,8,9);5*1H4;1H. The maximum Gasteiger partial charge on any atom is 0.338 e. The molecule has 8 rings (SSSR count). The zero-order valence-electron chi connectivity index (χ0n) is 61.5. The Morgan fingerprint density at radius 3 is 1.12 bits per heavy atom. The summed E-state index contributed by atoms with van der Waals surface area (Å²) in [6.07, 6.45) is 0.762. The molecule has 0 aliphatic carbocycles. The van der Waals surface area contributed by atoms with Crippen LogP contribution in [0.3, 0.4) is 0 Å². The fourth-order valence-corrected chi connectivity index (χ4v) is 13.8. The highest BCUT2D eigenvalue weighted by Gasteiger charge is 2.29. The Hall–Kier alpha value is -8.40. The summed E-state index contributed by atoms with van der Waals surface area (Å²) < 4.78 is 117. The highest BCUT2D eigenvalue weighted by atomic mass is 127. The van der Waals surface area contributed by atoms with Crippen molar-refractivity contribution >= 4 is 212 Å². The van der Waals surface area contributed by atoms with E-state index in [0.29, 0.717) is 41.7 Å². The van der Waals surface area contributed by atoms with Gasteiger partial charge in [0.2, 0.25) is 41.9 Å². The van der Waals surface area contributed by atoms with Crippen LogP contribution in [0, 0.1) is 26.1 Å². The molecule has 0 spiro atoms. The van der Waals surface area contributed by atoms with Crippen molar-refractivity contribution in [2.45, 2.75) is 127 Å². The van der Waals surface area contributed by atoms with Gasteiger partial charge in [-0.3, -0.25) is 28.8 Å². The number of aromatic nitrogens is 2. The van der Waals surface area contributed by atoms with Crippen molar-refractivity contribution in [2.24, 2.45) is 28.7 Å². The molecule has 0 aliphatic rings. The smallest absolute Gasteiger partial charge is 0.338 e. The number of nitrogens with two attached hydrogens (primary N) is 7. The number of carboxylic acid groups (broad SMARTS) is 3. The molecule has 44 heteroatoms. The van der Waals surface area contributed by atoms with Crippen molar-refractivity contribution in [2.75, 3.05) is 44.4 Å². The number of anilines is 2. The lowest BCUT2D eigenvalue weighted by Gasteiger charge is -2.15. The van der Waals surface area contributed by atoms with E-state index in [9.17, 15) is 72.0 Å². The van der Waals surface area contributed by atoms with Crippen molar-refractivity contribution in [1.82, 2.24) is 24.1 Å². The highest BCUT2D eigenvalue weighted by molar-refractivity contribution is 14.1. The number of nitrogen functional groups attached to an aromatic ring is 2. The minimum absolute atomic E-state index is 0. The molecule has 4 atom stereocenters. The molecule has 34 nitrogen and oxygen atoms in total. The van der Waals surface area contributed by atoms with Crippen LogP contribution in [-0.4, -0.2) is 164 Å². The van der Waals surface area contributed by atoms with Crippen LogP contribution in [0.15, 0.2) is 202 Å². The normalized spacial score (nSPS) is 11.2. The summed E-state index contributed by atoms with van der Waals surface area (Å²) in [5.74, 6) is -0.0177. The Balaban J connectivity index is -0.000000434. The monoisotopic (exact) mass is 2250 g/mol. The van der Waals surface area contributed by atoms with Gasteiger partial charge in [-0.25, -0.2) is 53.2 Å². The topological polar surface area (TPSA) is 606 Å². The largest absolute Gasteiger partial charge is 0.480 e. The summed E-state index contributed by atoms with van der Waals surface area (Å²) in [7, 11) is -10.1. The molecule has 6 aromatic carbocycles. The minimum atomic E-state index is -4.01. The van der Waals surface area contributed by atoms with Gasteiger partial charge in [0.15, 0.2) is 0 Å². The predicted octanol–water partition coefficient (Wildman–Crippen LogP) is 9.30. The Bertz CT molecular complexity index is 5100. The summed E-state index contributed by atoms with van der Waals surface area (Å²) in [5, 5.41) is 25.7. The van der Waals surface area contributed by atoms with E-state index in [2.05, 4.69) is 77.4 Å². The second-order valence-electron chi connectivity index (χ2n) is 22.4. The number of primary amides is 2. The Kier molecular flexibility index (Phi) is 61.9. The first-order valence-electron chi connectivity index (χ1n) is 33.0.